The maximum Gasteiger partial charge on any atom is 0.460 e. The third-order valence-corrected chi connectivity index (χ3v) is 5.16. The monoisotopic (exact) mass is 690 g/mol. The molecule has 0 bridgehead atoms. The lowest BCUT2D eigenvalue weighted by atomic mass is 10.1. The van der Waals surface area contributed by atoms with Gasteiger partial charge in [-0.1, -0.05) is 24.3 Å². The minimum Gasteiger partial charge on any atom is -0.484 e. The molecule has 2 aromatic rings. The molecule has 0 saturated carbocycles. The largest absolute Gasteiger partial charge is 0.484 e. The second-order valence-electron chi connectivity index (χ2n) is 8.41. The Hall–Kier alpha value is -3.13. The molecule has 248 valence electrons. The Balaban J connectivity index is 2.09. The Bertz CT molecular complexity index is 1280. The van der Waals surface area contributed by atoms with Gasteiger partial charge < -0.3 is 9.47 Å². The van der Waals surface area contributed by atoms with Gasteiger partial charge in [0.2, 0.25) is 0 Å². The summed E-state index contributed by atoms with van der Waals surface area (Å²) in [6, 6.07) is 9.86. The number of halogens is 16. The van der Waals surface area contributed by atoms with Gasteiger partial charge in [-0.2, -0.15) is 65.9 Å². The van der Waals surface area contributed by atoms with E-state index in [1.54, 1.807) is 4.74 Å². The van der Waals surface area contributed by atoms with Gasteiger partial charge in [-0.15, -0.1) is 11.6 Å². The Morgan fingerprint density at radius 1 is 0.636 bits per heavy atom. The minimum absolute atomic E-state index is 0.109. The lowest BCUT2D eigenvalue weighted by Gasteiger charge is -2.36. The highest BCUT2D eigenvalue weighted by atomic mass is 35.5. The van der Waals surface area contributed by atoms with Crippen molar-refractivity contribution in [1.82, 2.24) is 0 Å². The summed E-state index contributed by atoms with van der Waals surface area (Å²) < 4.78 is 209. The number of carbonyl (C=O) groups excluding carboxylic acids is 1. The molecular formula is C23H14ClF15O5. The summed E-state index contributed by atoms with van der Waals surface area (Å²) in [5.74, 6) is -17.0. The van der Waals surface area contributed by atoms with Gasteiger partial charge in [-0.25, -0.2) is 9.47 Å². The molecule has 0 unspecified atom stereocenters. The van der Waals surface area contributed by atoms with E-state index in [-0.39, 0.29) is 5.75 Å². The van der Waals surface area contributed by atoms with Crippen molar-refractivity contribution in [1.29, 1.82) is 0 Å². The summed E-state index contributed by atoms with van der Waals surface area (Å²) in [5.41, 5.74) is 0.808. The van der Waals surface area contributed by atoms with Gasteiger partial charge >= 0.3 is 48.4 Å². The van der Waals surface area contributed by atoms with Crippen LogP contribution in [-0.2, 0) is 14.3 Å². The van der Waals surface area contributed by atoms with E-state index in [1.165, 1.54) is 43.3 Å². The molecular weight excluding hydrogens is 677 g/mol. The van der Waals surface area contributed by atoms with Gasteiger partial charge in [0.25, 0.3) is 0 Å². The molecule has 0 radical (unpaired) electrons. The molecule has 44 heavy (non-hydrogen) atoms. The number of ether oxygens (including phenoxy) is 4. The van der Waals surface area contributed by atoms with E-state index >= 15 is 0 Å². The molecule has 0 spiro atoms. The first kappa shape index (κ1) is 37.1. The minimum atomic E-state index is -7.94. The molecule has 0 amide bonds. The second-order valence-corrected chi connectivity index (χ2v) is 9.07. The van der Waals surface area contributed by atoms with Gasteiger partial charge in [0.1, 0.15) is 16.9 Å². The van der Waals surface area contributed by atoms with Crippen molar-refractivity contribution in [2.75, 3.05) is 6.61 Å². The molecule has 0 aliphatic heterocycles. The van der Waals surface area contributed by atoms with E-state index in [1.807, 2.05) is 0 Å². The summed E-state index contributed by atoms with van der Waals surface area (Å²) in [6.45, 7) is -1.02. The zero-order valence-electron chi connectivity index (χ0n) is 21.0. The highest BCUT2D eigenvalue weighted by Gasteiger charge is 2.85. The van der Waals surface area contributed by atoms with Crippen LogP contribution >= 0.6 is 11.6 Å². The van der Waals surface area contributed by atoms with Crippen LogP contribution in [0.1, 0.15) is 6.92 Å². The first-order valence-electron chi connectivity index (χ1n) is 11.1. The first-order chi connectivity index (χ1) is 19.7. The fraction of sp³-hybridized carbons (Fsp3) is 0.435. The van der Waals surface area contributed by atoms with Crippen molar-refractivity contribution in [2.24, 2.45) is 0 Å². The Kier molecular flexibility index (Phi) is 10.4. The SMILES string of the molecule is C[C@H](Cl)C(=O)Oc1ccc(-c2ccc(OCC(F)(F)OC(F)(F)C(F)(F)OC(F)(F)C(F)(F)C(F)(F)C(F)(F)F)cc2)cc1. The van der Waals surface area contributed by atoms with E-state index in [2.05, 4.69) is 9.47 Å². The summed E-state index contributed by atoms with van der Waals surface area (Å²) in [6.07, 6.45) is -35.2. The van der Waals surface area contributed by atoms with E-state index in [9.17, 15) is 70.7 Å². The molecule has 0 N–H and O–H groups in total. The quantitative estimate of drug-likeness (QED) is 0.0914. The third kappa shape index (κ3) is 8.12. The number of benzene rings is 2. The predicted octanol–water partition coefficient (Wildman–Crippen LogP) is 8.50. The van der Waals surface area contributed by atoms with Crippen LogP contribution in [0.4, 0.5) is 65.9 Å². The van der Waals surface area contributed by atoms with E-state index in [4.69, 9.17) is 16.3 Å². The van der Waals surface area contributed by atoms with Crippen molar-refractivity contribution < 1.29 is 89.6 Å². The first-order valence-corrected chi connectivity index (χ1v) is 11.5. The van der Waals surface area contributed by atoms with Crippen LogP contribution in [0, 0.1) is 0 Å². The van der Waals surface area contributed by atoms with Gasteiger partial charge in [0.15, 0.2) is 6.61 Å². The highest BCUT2D eigenvalue weighted by Crippen LogP contribution is 2.56. The number of esters is 1. The molecule has 0 aliphatic rings. The molecule has 2 rings (SSSR count). The van der Waals surface area contributed by atoms with E-state index in [0.717, 1.165) is 12.1 Å². The molecule has 1 atom stereocenters. The fourth-order valence-electron chi connectivity index (χ4n) is 2.75. The molecule has 0 fully saturated rings. The van der Waals surface area contributed by atoms with Crippen molar-refractivity contribution in [3.63, 3.8) is 0 Å². The Labute approximate surface area is 240 Å². The van der Waals surface area contributed by atoms with Crippen molar-refractivity contribution >= 4 is 17.6 Å². The molecule has 5 nitrogen and oxygen atoms in total. The highest BCUT2D eigenvalue weighted by molar-refractivity contribution is 6.29. The van der Waals surface area contributed by atoms with Crippen LogP contribution in [0.3, 0.4) is 0 Å². The van der Waals surface area contributed by atoms with Crippen molar-refractivity contribution in [3.8, 4) is 22.6 Å². The Morgan fingerprint density at radius 2 is 1.05 bits per heavy atom. The average molecular weight is 691 g/mol. The molecule has 2 aromatic carbocycles. The van der Waals surface area contributed by atoms with E-state index in [0.29, 0.717) is 11.1 Å². The van der Waals surface area contributed by atoms with Crippen LogP contribution in [0.5, 0.6) is 11.5 Å². The number of rotatable bonds is 13. The van der Waals surface area contributed by atoms with Crippen LogP contribution in [0.2, 0.25) is 0 Å². The van der Waals surface area contributed by atoms with Gasteiger partial charge in [0, 0.05) is 0 Å². The number of hydrogen-bond donors (Lipinski definition) is 0. The van der Waals surface area contributed by atoms with Crippen LogP contribution < -0.4 is 9.47 Å². The van der Waals surface area contributed by atoms with Crippen LogP contribution in [-0.4, -0.2) is 60.4 Å². The Morgan fingerprint density at radius 3 is 1.45 bits per heavy atom. The predicted molar refractivity (Wildman–Crippen MR) is 116 cm³/mol. The topological polar surface area (TPSA) is 54.0 Å². The molecule has 0 saturated heterocycles. The van der Waals surface area contributed by atoms with Gasteiger partial charge in [0.05, 0.1) is 0 Å². The molecule has 0 aliphatic carbocycles. The number of hydrogen-bond acceptors (Lipinski definition) is 5. The summed E-state index contributed by atoms with van der Waals surface area (Å²) in [4.78, 5) is 11.5. The summed E-state index contributed by atoms with van der Waals surface area (Å²) in [5, 5.41) is -0.943. The zero-order chi connectivity index (χ0) is 34.2. The van der Waals surface area contributed by atoms with E-state index < -0.39 is 66.2 Å². The lowest BCUT2D eigenvalue weighted by Crippen LogP contribution is -2.64. The molecule has 21 heteroatoms. The lowest BCUT2D eigenvalue weighted by molar-refractivity contribution is -0.542. The normalized spacial score (nSPS) is 14.8. The molecule has 0 aromatic heterocycles. The maximum atomic E-state index is 13.8. The van der Waals surface area contributed by atoms with Gasteiger partial charge in [-0.3, -0.25) is 4.79 Å². The van der Waals surface area contributed by atoms with Crippen LogP contribution in [0.15, 0.2) is 48.5 Å². The second kappa shape index (κ2) is 12.3. The number of alkyl halides is 16. The average Bonchev–Trinajstić information content (AvgIpc) is 2.86. The summed E-state index contributed by atoms with van der Waals surface area (Å²) >= 11 is 5.57. The van der Waals surface area contributed by atoms with Gasteiger partial charge in [-0.05, 0) is 42.3 Å². The van der Waals surface area contributed by atoms with Crippen molar-refractivity contribution in [2.45, 2.75) is 54.8 Å². The zero-order valence-corrected chi connectivity index (χ0v) is 21.7. The molecule has 0 heterocycles. The number of carbonyl (C=O) groups is 1. The summed E-state index contributed by atoms with van der Waals surface area (Å²) in [7, 11) is 0. The third-order valence-electron chi connectivity index (χ3n) is 4.98. The van der Waals surface area contributed by atoms with Crippen LogP contribution in [0.25, 0.3) is 11.1 Å². The fourth-order valence-corrected chi connectivity index (χ4v) is 2.79. The smallest absolute Gasteiger partial charge is 0.460 e. The standard InChI is InChI=1S/C23H14ClF15O5/c1-11(24)16(40)42-15-8-4-13(5-9-15)12-2-6-14(7-3-12)41-10-17(25,26)43-22(36,37)23(38,39)44-21(34,35)19(29,30)18(27,28)20(31,32)33/h2-9,11H,10H2,1H3/t11-/m0/s1. The maximum absolute atomic E-state index is 13.8. The van der Waals surface area contributed by atoms with Crippen molar-refractivity contribution in [3.05, 3.63) is 48.5 Å².